The fourth-order valence-electron chi connectivity index (χ4n) is 5.20. The summed E-state index contributed by atoms with van der Waals surface area (Å²) in [6.45, 7) is 1.37. The van der Waals surface area contributed by atoms with Gasteiger partial charge >= 0.3 is 0 Å². The Balaban J connectivity index is 1.46. The highest BCUT2D eigenvalue weighted by molar-refractivity contribution is 5.85. The lowest BCUT2D eigenvalue weighted by Gasteiger charge is -2.40. The minimum absolute atomic E-state index is 0.0227. The number of ether oxygens (including phenoxy) is 1. The Morgan fingerprint density at radius 2 is 1.93 bits per heavy atom. The van der Waals surface area contributed by atoms with Gasteiger partial charge in [-0.3, -0.25) is 19.9 Å². The average molecular weight is 557 g/mol. The third kappa shape index (κ3) is 6.21. The molecule has 1 saturated heterocycles. The van der Waals surface area contributed by atoms with Gasteiger partial charge < -0.3 is 15.6 Å². The number of aliphatic hydroxyl groups is 1. The van der Waals surface area contributed by atoms with Gasteiger partial charge in [0.05, 0.1) is 30.7 Å². The Morgan fingerprint density at radius 1 is 1.23 bits per heavy atom. The van der Waals surface area contributed by atoms with Crippen LogP contribution in [0.3, 0.4) is 0 Å². The number of hydrogen-bond donors (Lipinski definition) is 4. The summed E-state index contributed by atoms with van der Waals surface area (Å²) in [6, 6.07) is 7.05. The fraction of sp³-hybridized carbons (Fsp3) is 0.379. The van der Waals surface area contributed by atoms with Crippen LogP contribution in [0.2, 0.25) is 0 Å². The monoisotopic (exact) mass is 556 g/mol. The summed E-state index contributed by atoms with van der Waals surface area (Å²) < 4.78 is 45.3. The SMILES string of the molecule is COc1ccc2ncc(CN)c([C@H](O)CCC3(C(=O)NO)CCN(CC#Cc4cc(F)c(F)c(F)c4)CC3)c2c1. The molecule has 212 valence electrons. The summed E-state index contributed by atoms with van der Waals surface area (Å²) in [7, 11) is 1.55. The van der Waals surface area contributed by atoms with E-state index in [0.717, 1.165) is 12.1 Å². The van der Waals surface area contributed by atoms with Crippen molar-refractivity contribution in [1.29, 1.82) is 0 Å². The van der Waals surface area contributed by atoms with Crippen LogP contribution in [0, 0.1) is 34.7 Å². The molecule has 0 saturated carbocycles. The minimum atomic E-state index is -1.54. The molecule has 1 aliphatic rings. The van der Waals surface area contributed by atoms with Gasteiger partial charge in [0.15, 0.2) is 17.5 Å². The number of amides is 1. The number of hydrogen-bond acceptors (Lipinski definition) is 7. The Hall–Kier alpha value is -3.69. The van der Waals surface area contributed by atoms with Gasteiger partial charge in [-0.05, 0) is 67.1 Å². The number of halogens is 3. The number of carbonyl (C=O) groups excluding carboxylic acids is 1. The van der Waals surface area contributed by atoms with E-state index in [1.165, 1.54) is 0 Å². The molecule has 0 unspecified atom stereocenters. The number of hydroxylamine groups is 1. The van der Waals surface area contributed by atoms with Gasteiger partial charge in [0.25, 0.3) is 0 Å². The summed E-state index contributed by atoms with van der Waals surface area (Å²) in [6.07, 6.45) is 2.01. The topological polar surface area (TPSA) is 121 Å². The van der Waals surface area contributed by atoms with Crippen molar-refractivity contribution in [3.05, 3.63) is 70.7 Å². The lowest BCUT2D eigenvalue weighted by Crippen LogP contribution is -2.48. The van der Waals surface area contributed by atoms with Gasteiger partial charge in [-0.15, -0.1) is 0 Å². The van der Waals surface area contributed by atoms with Crippen LogP contribution in [0.25, 0.3) is 10.9 Å². The summed E-state index contributed by atoms with van der Waals surface area (Å²) in [5.41, 5.74) is 8.82. The normalized spacial score (nSPS) is 15.8. The number of likely N-dealkylation sites (tertiary alicyclic amines) is 1. The van der Waals surface area contributed by atoms with Crippen LogP contribution >= 0.6 is 0 Å². The zero-order valence-corrected chi connectivity index (χ0v) is 22.0. The molecule has 4 rings (SSSR count). The first-order chi connectivity index (χ1) is 19.2. The lowest BCUT2D eigenvalue weighted by atomic mass is 9.73. The molecule has 0 aliphatic carbocycles. The molecule has 2 heterocycles. The largest absolute Gasteiger partial charge is 0.497 e. The van der Waals surface area contributed by atoms with Crippen LogP contribution in [-0.4, -0.2) is 52.8 Å². The number of nitrogens with two attached hydrogens (primary N) is 1. The molecule has 5 N–H and O–H groups in total. The van der Waals surface area contributed by atoms with Gasteiger partial charge in [-0.2, -0.15) is 0 Å². The molecule has 2 aromatic carbocycles. The lowest BCUT2D eigenvalue weighted by molar-refractivity contribution is -0.143. The number of aromatic nitrogens is 1. The zero-order chi connectivity index (χ0) is 28.9. The van der Waals surface area contributed by atoms with Crippen LogP contribution in [0.5, 0.6) is 5.75 Å². The standard InChI is InChI=1S/C29H31F3N4O4/c1-40-20-4-5-24-21(15-20)26(19(16-33)17-34-24)25(37)6-7-29(28(38)35-39)8-11-36(12-9-29)10-2-3-18-13-22(30)27(32)23(31)14-18/h4-5,13-15,17,25,37,39H,6-12,16,33H2,1H3,(H,35,38)/t25-/m1/s1. The summed E-state index contributed by atoms with van der Waals surface area (Å²) in [5, 5.41) is 21.5. The van der Waals surface area contributed by atoms with Gasteiger partial charge in [0.2, 0.25) is 5.91 Å². The van der Waals surface area contributed by atoms with Crippen molar-refractivity contribution >= 4 is 16.8 Å². The zero-order valence-electron chi connectivity index (χ0n) is 22.0. The second kappa shape index (κ2) is 12.7. The highest BCUT2D eigenvalue weighted by atomic mass is 19.2. The highest BCUT2D eigenvalue weighted by Crippen LogP contribution is 2.40. The number of nitrogens with zero attached hydrogens (tertiary/aromatic N) is 2. The van der Waals surface area contributed by atoms with E-state index >= 15 is 0 Å². The Labute approximate surface area is 229 Å². The van der Waals surface area contributed by atoms with Crippen LogP contribution < -0.4 is 16.0 Å². The summed E-state index contributed by atoms with van der Waals surface area (Å²) in [4.78, 5) is 19.2. The number of nitrogens with one attached hydrogen (secondary N) is 1. The third-order valence-electron chi connectivity index (χ3n) is 7.56. The van der Waals surface area contributed by atoms with Crippen LogP contribution in [0.1, 0.15) is 48.5 Å². The maximum atomic E-state index is 13.4. The van der Waals surface area contributed by atoms with E-state index in [1.54, 1.807) is 37.0 Å². The fourth-order valence-corrected chi connectivity index (χ4v) is 5.20. The number of pyridine rings is 1. The first kappa shape index (κ1) is 29.3. The quantitative estimate of drug-likeness (QED) is 0.145. The van der Waals surface area contributed by atoms with E-state index in [1.807, 2.05) is 4.90 Å². The number of rotatable bonds is 8. The molecule has 1 aromatic heterocycles. The van der Waals surface area contributed by atoms with Gasteiger partial charge in [0, 0.05) is 36.8 Å². The molecule has 0 bridgehead atoms. The van der Waals surface area contributed by atoms with Crippen LogP contribution in [-0.2, 0) is 11.3 Å². The first-order valence-electron chi connectivity index (χ1n) is 12.9. The Morgan fingerprint density at radius 3 is 2.55 bits per heavy atom. The van der Waals surface area contributed by atoms with E-state index in [2.05, 4.69) is 16.8 Å². The molecule has 40 heavy (non-hydrogen) atoms. The van der Waals surface area contributed by atoms with E-state index < -0.39 is 34.9 Å². The van der Waals surface area contributed by atoms with Gasteiger partial charge in [0.1, 0.15) is 5.75 Å². The summed E-state index contributed by atoms with van der Waals surface area (Å²) in [5.74, 6) is 1.40. The van der Waals surface area contributed by atoms with Crippen molar-refractivity contribution in [3.8, 4) is 17.6 Å². The van der Waals surface area contributed by atoms with Crippen LogP contribution in [0.15, 0.2) is 36.5 Å². The van der Waals surface area contributed by atoms with Crippen LogP contribution in [0.4, 0.5) is 13.2 Å². The maximum Gasteiger partial charge on any atom is 0.249 e. The highest BCUT2D eigenvalue weighted by Gasteiger charge is 2.41. The molecule has 1 amide bonds. The van der Waals surface area contributed by atoms with Crippen molar-refractivity contribution in [2.24, 2.45) is 11.1 Å². The molecule has 1 atom stereocenters. The second-order valence-electron chi connectivity index (χ2n) is 9.89. The predicted molar refractivity (Wildman–Crippen MR) is 142 cm³/mol. The van der Waals surface area contributed by atoms with E-state index in [9.17, 15) is 28.3 Å². The first-order valence-corrected chi connectivity index (χ1v) is 12.9. The number of aliphatic hydroxyl groups excluding tert-OH is 1. The Bertz CT molecular complexity index is 1420. The number of piperidine rings is 1. The molecule has 8 nitrogen and oxygen atoms in total. The summed E-state index contributed by atoms with van der Waals surface area (Å²) >= 11 is 0. The molecular weight excluding hydrogens is 525 g/mol. The molecule has 1 aliphatic heterocycles. The predicted octanol–water partition coefficient (Wildman–Crippen LogP) is 3.57. The molecule has 0 radical (unpaired) electrons. The smallest absolute Gasteiger partial charge is 0.249 e. The number of fused-ring (bicyclic) bond motifs is 1. The molecule has 3 aromatic rings. The van der Waals surface area contributed by atoms with Gasteiger partial charge in [-0.25, -0.2) is 18.7 Å². The maximum absolute atomic E-state index is 13.4. The van der Waals surface area contributed by atoms with Crippen molar-refractivity contribution in [2.75, 3.05) is 26.7 Å². The average Bonchev–Trinajstić information content (AvgIpc) is 2.97. The third-order valence-corrected chi connectivity index (χ3v) is 7.56. The molecule has 0 spiro atoms. The minimum Gasteiger partial charge on any atom is -0.497 e. The second-order valence-corrected chi connectivity index (χ2v) is 9.89. The van der Waals surface area contributed by atoms with E-state index in [0.29, 0.717) is 60.1 Å². The van der Waals surface area contributed by atoms with E-state index in [4.69, 9.17) is 10.5 Å². The van der Waals surface area contributed by atoms with Gasteiger partial charge in [-0.1, -0.05) is 11.8 Å². The van der Waals surface area contributed by atoms with Crippen molar-refractivity contribution in [2.45, 2.75) is 38.3 Å². The van der Waals surface area contributed by atoms with Crippen molar-refractivity contribution in [3.63, 3.8) is 0 Å². The molecule has 1 fully saturated rings. The van der Waals surface area contributed by atoms with Crippen molar-refractivity contribution in [1.82, 2.24) is 15.4 Å². The molecular formula is C29H31F3N4O4. The van der Waals surface area contributed by atoms with E-state index in [-0.39, 0.29) is 25.1 Å². The number of benzene rings is 2. The number of methoxy groups -OCH3 is 1. The van der Waals surface area contributed by atoms with Crippen molar-refractivity contribution < 1.29 is 33.0 Å². The Kier molecular flexibility index (Phi) is 9.27. The number of carbonyl (C=O) groups is 1. The molecule has 11 heteroatoms.